The van der Waals surface area contributed by atoms with Crippen molar-refractivity contribution in [3.05, 3.63) is 23.3 Å². The van der Waals surface area contributed by atoms with E-state index < -0.39 is 5.97 Å². The molecule has 4 heteroatoms. The first-order valence-electron chi connectivity index (χ1n) is 4.63. The molecule has 0 aromatic carbocycles. The van der Waals surface area contributed by atoms with Crippen LogP contribution in [-0.4, -0.2) is 25.7 Å². The molecular weight excluding hydrogens is 196 g/mol. The van der Waals surface area contributed by atoms with E-state index in [0.717, 1.165) is 0 Å². The highest BCUT2D eigenvalue weighted by molar-refractivity contribution is 5.90. The van der Waals surface area contributed by atoms with E-state index >= 15 is 0 Å². The summed E-state index contributed by atoms with van der Waals surface area (Å²) in [4.78, 5) is 22.1. The molecular formula is C11H16O4. The van der Waals surface area contributed by atoms with E-state index in [0.29, 0.717) is 17.8 Å². The highest BCUT2D eigenvalue weighted by atomic mass is 16.5. The average molecular weight is 212 g/mol. The molecule has 0 aliphatic heterocycles. The smallest absolute Gasteiger partial charge is 0.333 e. The molecule has 0 unspecified atom stereocenters. The number of carbonyl (C=O) groups is 2. The zero-order valence-electron chi connectivity index (χ0n) is 9.49. The molecule has 0 aliphatic rings. The van der Waals surface area contributed by atoms with Crippen LogP contribution in [0, 0.1) is 0 Å². The molecule has 4 nitrogen and oxygen atoms in total. The van der Waals surface area contributed by atoms with Crippen LogP contribution in [0.25, 0.3) is 0 Å². The van der Waals surface area contributed by atoms with Crippen LogP contribution < -0.4 is 0 Å². The Bertz CT molecular complexity index is 300. The maximum atomic E-state index is 11.2. The number of allylic oxidation sites excluding steroid dienone is 2. The van der Waals surface area contributed by atoms with Crippen LogP contribution in [0.5, 0.6) is 0 Å². The van der Waals surface area contributed by atoms with E-state index in [9.17, 15) is 9.59 Å². The molecule has 0 aromatic heterocycles. The summed E-state index contributed by atoms with van der Waals surface area (Å²) in [7, 11) is 1.31. The normalized spacial score (nSPS) is 12.3. The summed E-state index contributed by atoms with van der Waals surface area (Å²) in [6.07, 6.45) is 3.06. The molecule has 0 fully saturated rings. The number of hydrogen-bond donors (Lipinski definition) is 0. The van der Waals surface area contributed by atoms with Crippen molar-refractivity contribution in [3.63, 3.8) is 0 Å². The predicted molar refractivity (Wildman–Crippen MR) is 56.2 cm³/mol. The van der Waals surface area contributed by atoms with Crippen molar-refractivity contribution in [3.8, 4) is 0 Å². The van der Waals surface area contributed by atoms with Gasteiger partial charge < -0.3 is 9.47 Å². The Balaban J connectivity index is 4.50. The Morgan fingerprint density at radius 3 is 1.93 bits per heavy atom. The second-order valence-electron chi connectivity index (χ2n) is 2.91. The van der Waals surface area contributed by atoms with E-state index in [1.807, 2.05) is 0 Å². The van der Waals surface area contributed by atoms with Crippen molar-refractivity contribution in [2.45, 2.75) is 20.8 Å². The lowest BCUT2D eigenvalue weighted by atomic mass is 10.2. The van der Waals surface area contributed by atoms with Gasteiger partial charge in [0, 0.05) is 11.1 Å². The van der Waals surface area contributed by atoms with E-state index in [4.69, 9.17) is 4.74 Å². The molecule has 0 radical (unpaired) electrons. The van der Waals surface area contributed by atoms with Crippen molar-refractivity contribution >= 4 is 11.9 Å². The molecule has 0 spiro atoms. The van der Waals surface area contributed by atoms with E-state index in [2.05, 4.69) is 4.74 Å². The van der Waals surface area contributed by atoms with Crippen LogP contribution in [-0.2, 0) is 19.1 Å². The Labute approximate surface area is 89.6 Å². The topological polar surface area (TPSA) is 52.6 Å². The molecule has 0 bridgehead atoms. The van der Waals surface area contributed by atoms with E-state index in [1.54, 1.807) is 20.8 Å². The molecule has 15 heavy (non-hydrogen) atoms. The summed E-state index contributed by atoms with van der Waals surface area (Å²) in [6.45, 7) is 5.31. The van der Waals surface area contributed by atoms with Gasteiger partial charge in [-0.15, -0.1) is 0 Å². The van der Waals surface area contributed by atoms with Crippen LogP contribution >= 0.6 is 0 Å². The molecule has 0 saturated carbocycles. The van der Waals surface area contributed by atoms with Gasteiger partial charge in [-0.1, -0.05) is 12.2 Å². The highest BCUT2D eigenvalue weighted by Crippen LogP contribution is 2.01. The largest absolute Gasteiger partial charge is 0.466 e. The fourth-order valence-corrected chi connectivity index (χ4v) is 0.792. The van der Waals surface area contributed by atoms with Gasteiger partial charge in [0.05, 0.1) is 13.7 Å². The van der Waals surface area contributed by atoms with Gasteiger partial charge >= 0.3 is 11.9 Å². The van der Waals surface area contributed by atoms with Gasteiger partial charge in [0.2, 0.25) is 0 Å². The van der Waals surface area contributed by atoms with E-state index in [1.165, 1.54) is 19.3 Å². The third kappa shape index (κ3) is 5.00. The Hall–Kier alpha value is -1.58. The summed E-state index contributed by atoms with van der Waals surface area (Å²) >= 11 is 0. The van der Waals surface area contributed by atoms with Gasteiger partial charge in [0.25, 0.3) is 0 Å². The van der Waals surface area contributed by atoms with Gasteiger partial charge in [-0.25, -0.2) is 9.59 Å². The minimum atomic E-state index is -0.414. The monoisotopic (exact) mass is 212 g/mol. The molecule has 0 atom stereocenters. The molecule has 0 N–H and O–H groups in total. The molecule has 0 rings (SSSR count). The summed E-state index contributed by atoms with van der Waals surface area (Å²) in [6, 6.07) is 0. The minimum Gasteiger partial charge on any atom is -0.466 e. The molecule has 0 saturated heterocycles. The number of esters is 2. The van der Waals surface area contributed by atoms with Gasteiger partial charge in [-0.2, -0.15) is 0 Å². The summed E-state index contributed by atoms with van der Waals surface area (Å²) in [5.41, 5.74) is 0.876. The first-order valence-corrected chi connectivity index (χ1v) is 4.63. The fourth-order valence-electron chi connectivity index (χ4n) is 0.792. The zero-order chi connectivity index (χ0) is 11.8. The number of ether oxygens (including phenoxy) is 2. The van der Waals surface area contributed by atoms with Crippen molar-refractivity contribution in [1.82, 2.24) is 0 Å². The molecule has 0 aromatic rings. The van der Waals surface area contributed by atoms with Crippen molar-refractivity contribution < 1.29 is 19.1 Å². The first kappa shape index (κ1) is 13.4. The summed E-state index contributed by atoms with van der Waals surface area (Å²) < 4.78 is 9.27. The second kappa shape index (κ2) is 6.81. The molecule has 0 amide bonds. The van der Waals surface area contributed by atoms with Crippen LogP contribution in [0.3, 0.4) is 0 Å². The fraction of sp³-hybridized carbons (Fsp3) is 0.455. The average Bonchev–Trinajstić information content (AvgIpc) is 2.24. The molecule has 0 heterocycles. The lowest BCUT2D eigenvalue weighted by Crippen LogP contribution is -2.05. The first-order chi connectivity index (χ1) is 7.02. The van der Waals surface area contributed by atoms with Crippen molar-refractivity contribution in [2.24, 2.45) is 0 Å². The SMILES string of the molecule is CCOC(=O)C(C)=CC=C(C)C(=O)OC. The van der Waals surface area contributed by atoms with Gasteiger partial charge in [-0.05, 0) is 20.8 Å². The number of methoxy groups -OCH3 is 1. The standard InChI is InChI=1S/C11H16O4/c1-5-15-11(13)9(3)7-6-8(2)10(12)14-4/h6-7H,5H2,1-4H3. The third-order valence-corrected chi connectivity index (χ3v) is 1.69. The zero-order valence-corrected chi connectivity index (χ0v) is 9.49. The Kier molecular flexibility index (Phi) is 6.09. The highest BCUT2D eigenvalue weighted by Gasteiger charge is 2.04. The van der Waals surface area contributed by atoms with E-state index in [-0.39, 0.29) is 5.97 Å². The quantitative estimate of drug-likeness (QED) is 0.403. The van der Waals surface area contributed by atoms with Gasteiger partial charge in [0.15, 0.2) is 0 Å². The van der Waals surface area contributed by atoms with Crippen LogP contribution in [0.4, 0.5) is 0 Å². The molecule has 84 valence electrons. The minimum absolute atomic E-state index is 0.337. The lowest BCUT2D eigenvalue weighted by Gasteiger charge is -2.00. The van der Waals surface area contributed by atoms with Crippen molar-refractivity contribution in [2.75, 3.05) is 13.7 Å². The Morgan fingerprint density at radius 1 is 1.07 bits per heavy atom. The second-order valence-corrected chi connectivity index (χ2v) is 2.91. The number of carbonyl (C=O) groups excluding carboxylic acids is 2. The Morgan fingerprint density at radius 2 is 1.53 bits per heavy atom. The number of rotatable bonds is 4. The lowest BCUT2D eigenvalue weighted by molar-refractivity contribution is -0.138. The van der Waals surface area contributed by atoms with Crippen molar-refractivity contribution in [1.29, 1.82) is 0 Å². The maximum Gasteiger partial charge on any atom is 0.333 e. The van der Waals surface area contributed by atoms with Crippen LogP contribution in [0.2, 0.25) is 0 Å². The van der Waals surface area contributed by atoms with Gasteiger partial charge in [0.1, 0.15) is 0 Å². The summed E-state index contributed by atoms with van der Waals surface area (Å²) in [5.74, 6) is -0.797. The molecule has 0 aliphatic carbocycles. The maximum absolute atomic E-state index is 11.2. The predicted octanol–water partition coefficient (Wildman–Crippen LogP) is 1.62. The third-order valence-electron chi connectivity index (χ3n) is 1.69. The summed E-state index contributed by atoms with van der Waals surface area (Å²) in [5, 5.41) is 0. The van der Waals surface area contributed by atoms with Crippen LogP contribution in [0.15, 0.2) is 23.3 Å². The van der Waals surface area contributed by atoms with Gasteiger partial charge in [-0.3, -0.25) is 0 Å². The van der Waals surface area contributed by atoms with Crippen LogP contribution in [0.1, 0.15) is 20.8 Å². The number of hydrogen-bond acceptors (Lipinski definition) is 4.